The van der Waals surface area contributed by atoms with E-state index in [4.69, 9.17) is 25.3 Å². The van der Waals surface area contributed by atoms with E-state index >= 15 is 0 Å². The predicted octanol–water partition coefficient (Wildman–Crippen LogP) is 0.893. The number of aliphatic hydroxyl groups excluding tert-OH is 1. The van der Waals surface area contributed by atoms with E-state index < -0.39 is 11.9 Å². The first-order valence-electron chi connectivity index (χ1n) is 12.1. The second-order valence-electron chi connectivity index (χ2n) is 8.69. The van der Waals surface area contributed by atoms with E-state index in [0.717, 1.165) is 82.9 Å². The Balaban J connectivity index is 0.000000350. The molecule has 188 valence electrons. The maximum Gasteiger partial charge on any atom is 0.328 e. The summed E-state index contributed by atoms with van der Waals surface area (Å²) < 4.78 is 0. The maximum absolute atomic E-state index is 9.55. The van der Waals surface area contributed by atoms with Gasteiger partial charge in [0.15, 0.2) is 0 Å². The lowest BCUT2D eigenvalue weighted by molar-refractivity contribution is -0.134. The van der Waals surface area contributed by atoms with Gasteiger partial charge >= 0.3 is 11.9 Å². The largest absolute Gasteiger partial charge is 0.478 e. The third kappa shape index (κ3) is 7.84. The van der Waals surface area contributed by atoms with E-state index in [-0.39, 0.29) is 6.61 Å². The predicted molar refractivity (Wildman–Crippen MR) is 130 cm³/mol. The summed E-state index contributed by atoms with van der Waals surface area (Å²) in [6.07, 6.45) is 7.01. The minimum absolute atomic E-state index is 0.282. The Morgan fingerprint density at radius 1 is 0.765 bits per heavy atom. The molecular weight excluding hydrogens is 440 g/mol. The van der Waals surface area contributed by atoms with Crippen molar-refractivity contribution in [2.24, 2.45) is 0 Å². The molecule has 1 aromatic rings. The molecule has 0 atom stereocenters. The summed E-state index contributed by atoms with van der Waals surface area (Å²) >= 11 is 0. The first-order valence-corrected chi connectivity index (χ1v) is 12.1. The van der Waals surface area contributed by atoms with Gasteiger partial charge in [0, 0.05) is 83.7 Å². The second kappa shape index (κ2) is 13.1. The van der Waals surface area contributed by atoms with Gasteiger partial charge < -0.3 is 30.0 Å². The van der Waals surface area contributed by atoms with E-state index in [0.29, 0.717) is 12.2 Å². The van der Waals surface area contributed by atoms with Crippen molar-refractivity contribution in [3.05, 3.63) is 18.2 Å². The Labute approximate surface area is 200 Å². The molecule has 0 saturated carbocycles. The summed E-state index contributed by atoms with van der Waals surface area (Å²) in [5.41, 5.74) is 0. The van der Waals surface area contributed by atoms with Gasteiger partial charge in [-0.25, -0.2) is 9.59 Å². The van der Waals surface area contributed by atoms with Crippen molar-refractivity contribution in [2.45, 2.75) is 32.1 Å². The number of aliphatic hydroxyl groups is 1. The molecule has 3 aliphatic heterocycles. The first kappa shape index (κ1) is 25.7. The average Bonchev–Trinajstić information content (AvgIpc) is 3.57. The van der Waals surface area contributed by atoms with Crippen molar-refractivity contribution < 1.29 is 24.9 Å². The Kier molecular flexibility index (Phi) is 9.89. The number of aromatic nitrogens is 2. The molecule has 11 nitrogen and oxygen atoms in total. The SMILES string of the molecule is O=C(O)C=CC(=O)O.OCCCN1CCN(c2cc(N3CCCC3)nc(N3CCCC3)n2)CC1. The Morgan fingerprint density at radius 2 is 1.24 bits per heavy atom. The van der Waals surface area contributed by atoms with Crippen LogP contribution in [0.25, 0.3) is 0 Å². The molecule has 34 heavy (non-hydrogen) atoms. The van der Waals surface area contributed by atoms with Crippen LogP contribution in [0.1, 0.15) is 32.1 Å². The number of anilines is 3. The van der Waals surface area contributed by atoms with Crippen molar-refractivity contribution in [1.29, 1.82) is 0 Å². The summed E-state index contributed by atoms with van der Waals surface area (Å²) in [5, 5.41) is 24.7. The number of hydrogen-bond donors (Lipinski definition) is 3. The van der Waals surface area contributed by atoms with E-state index in [1.807, 2.05) is 0 Å². The van der Waals surface area contributed by atoms with Crippen molar-refractivity contribution >= 4 is 29.5 Å². The highest BCUT2D eigenvalue weighted by molar-refractivity contribution is 5.89. The molecule has 0 bridgehead atoms. The van der Waals surface area contributed by atoms with Crippen LogP contribution in [0, 0.1) is 0 Å². The monoisotopic (exact) mass is 476 g/mol. The number of hydrogen-bond acceptors (Lipinski definition) is 9. The van der Waals surface area contributed by atoms with Gasteiger partial charge in [0.2, 0.25) is 5.95 Å². The summed E-state index contributed by atoms with van der Waals surface area (Å²) in [7, 11) is 0. The van der Waals surface area contributed by atoms with Gasteiger partial charge in [-0.1, -0.05) is 0 Å². The smallest absolute Gasteiger partial charge is 0.328 e. The molecular formula is C23H36N6O5. The van der Waals surface area contributed by atoms with Crippen LogP contribution in [0.15, 0.2) is 18.2 Å². The van der Waals surface area contributed by atoms with Crippen LogP contribution in [-0.4, -0.2) is 108 Å². The molecule has 0 aromatic carbocycles. The standard InChI is InChI=1S/C19H32N6O.C4H4O4/c26-15-5-6-22-11-13-24(14-12-22)18-16-17(23-7-1-2-8-23)20-19(21-18)25-9-3-4-10-25;5-3(6)1-2-4(7)8/h16,26H,1-15H2;1-2H,(H,5,6)(H,7,8). The van der Waals surface area contributed by atoms with E-state index in [1.54, 1.807) is 0 Å². The molecule has 0 amide bonds. The zero-order valence-corrected chi connectivity index (χ0v) is 19.7. The van der Waals surface area contributed by atoms with Crippen LogP contribution < -0.4 is 14.7 Å². The lowest BCUT2D eigenvalue weighted by Gasteiger charge is -2.36. The molecule has 1 aromatic heterocycles. The van der Waals surface area contributed by atoms with Crippen LogP contribution in [-0.2, 0) is 9.59 Å². The van der Waals surface area contributed by atoms with E-state index in [2.05, 4.69) is 25.7 Å². The van der Waals surface area contributed by atoms with E-state index in [9.17, 15) is 9.59 Å². The number of carboxylic acid groups (broad SMARTS) is 2. The second-order valence-corrected chi connectivity index (χ2v) is 8.69. The zero-order valence-electron chi connectivity index (χ0n) is 19.7. The van der Waals surface area contributed by atoms with Gasteiger partial charge in [-0.05, 0) is 32.1 Å². The molecule has 0 aliphatic carbocycles. The summed E-state index contributed by atoms with van der Waals surface area (Å²) in [6.45, 7) is 9.76. The number of aliphatic carboxylic acids is 2. The van der Waals surface area contributed by atoms with Crippen LogP contribution in [0.3, 0.4) is 0 Å². The minimum atomic E-state index is -1.26. The Morgan fingerprint density at radius 3 is 1.71 bits per heavy atom. The number of carbonyl (C=O) groups is 2. The normalized spacial score (nSPS) is 18.9. The number of carboxylic acids is 2. The van der Waals surface area contributed by atoms with Gasteiger partial charge in [0.05, 0.1) is 0 Å². The fraction of sp³-hybridized carbons (Fsp3) is 0.652. The van der Waals surface area contributed by atoms with Gasteiger partial charge in [-0.2, -0.15) is 9.97 Å². The van der Waals surface area contributed by atoms with Crippen molar-refractivity contribution in [3.63, 3.8) is 0 Å². The summed E-state index contributed by atoms with van der Waals surface area (Å²) in [6, 6.07) is 2.20. The lowest BCUT2D eigenvalue weighted by atomic mass is 10.3. The third-order valence-corrected chi connectivity index (χ3v) is 6.20. The minimum Gasteiger partial charge on any atom is -0.478 e. The molecule has 0 spiro atoms. The molecule has 11 heteroatoms. The van der Waals surface area contributed by atoms with Crippen LogP contribution >= 0.6 is 0 Å². The topological polar surface area (TPSA) is 134 Å². The highest BCUT2D eigenvalue weighted by Gasteiger charge is 2.24. The first-order chi connectivity index (χ1) is 16.5. The molecule has 3 fully saturated rings. The van der Waals surface area contributed by atoms with Crippen LogP contribution in [0.2, 0.25) is 0 Å². The Hall–Kier alpha value is -2.92. The number of piperazine rings is 1. The molecule has 0 unspecified atom stereocenters. The fourth-order valence-electron chi connectivity index (χ4n) is 4.38. The van der Waals surface area contributed by atoms with Gasteiger partial charge in [0.25, 0.3) is 0 Å². The van der Waals surface area contributed by atoms with E-state index in [1.165, 1.54) is 25.7 Å². The van der Waals surface area contributed by atoms with Gasteiger partial charge in [-0.3, -0.25) is 4.90 Å². The van der Waals surface area contributed by atoms with Crippen molar-refractivity contribution in [1.82, 2.24) is 14.9 Å². The molecule has 4 heterocycles. The fourth-order valence-corrected chi connectivity index (χ4v) is 4.38. The number of rotatable bonds is 8. The highest BCUT2D eigenvalue weighted by atomic mass is 16.4. The zero-order chi connectivity index (χ0) is 24.3. The van der Waals surface area contributed by atoms with Crippen molar-refractivity contribution in [2.75, 3.05) is 80.2 Å². The third-order valence-electron chi connectivity index (χ3n) is 6.20. The average molecular weight is 477 g/mol. The van der Waals surface area contributed by atoms with Crippen LogP contribution in [0.5, 0.6) is 0 Å². The maximum atomic E-state index is 9.55. The molecule has 4 rings (SSSR count). The van der Waals surface area contributed by atoms with Crippen LogP contribution in [0.4, 0.5) is 17.6 Å². The van der Waals surface area contributed by atoms with Crippen molar-refractivity contribution in [3.8, 4) is 0 Å². The quantitative estimate of drug-likeness (QED) is 0.462. The summed E-state index contributed by atoms with van der Waals surface area (Å²) in [4.78, 5) is 38.6. The highest BCUT2D eigenvalue weighted by Crippen LogP contribution is 2.27. The Bertz CT molecular complexity index is 781. The van der Waals surface area contributed by atoms with Gasteiger partial charge in [-0.15, -0.1) is 0 Å². The van der Waals surface area contributed by atoms with Gasteiger partial charge in [0.1, 0.15) is 11.6 Å². The number of nitrogens with zero attached hydrogens (tertiary/aromatic N) is 6. The molecule has 0 radical (unpaired) electrons. The molecule has 3 aliphatic rings. The lowest BCUT2D eigenvalue weighted by Crippen LogP contribution is -2.47. The molecule has 3 saturated heterocycles. The summed E-state index contributed by atoms with van der Waals surface area (Å²) in [5.74, 6) is 0.604. The molecule has 3 N–H and O–H groups in total.